The van der Waals surface area contributed by atoms with Gasteiger partial charge in [0.05, 0.1) is 6.61 Å². The number of alkyl carbamates (subject to hydrolysis) is 1. The summed E-state index contributed by atoms with van der Waals surface area (Å²) < 4.78 is 10.9. The average Bonchev–Trinajstić information content (AvgIpc) is 2.72. The lowest BCUT2D eigenvalue weighted by Gasteiger charge is -2.32. The molecule has 1 aromatic rings. The van der Waals surface area contributed by atoms with Crippen LogP contribution in [0.25, 0.3) is 0 Å². The molecule has 2 fully saturated rings. The Morgan fingerprint density at radius 1 is 1.09 bits per heavy atom. The molecule has 2 amide bonds. The predicted molar refractivity (Wildman–Crippen MR) is 123 cm³/mol. The van der Waals surface area contributed by atoms with Crippen molar-refractivity contribution in [2.75, 3.05) is 11.9 Å². The molecule has 2 aliphatic rings. The van der Waals surface area contributed by atoms with E-state index in [0.29, 0.717) is 24.6 Å². The molecule has 3 N–H and O–H groups in total. The SMILES string of the molecule is CC1CCC(C(OC(=O)NC(C)(C)C)C(=O)Nc2ccc(C3CCOC(O)C3)cc2)CC1. The molecule has 1 saturated carbocycles. The third kappa shape index (κ3) is 7.20. The summed E-state index contributed by atoms with van der Waals surface area (Å²) in [5, 5.41) is 15.5. The van der Waals surface area contributed by atoms with Gasteiger partial charge in [0.15, 0.2) is 12.4 Å². The minimum absolute atomic E-state index is 0.0138. The van der Waals surface area contributed by atoms with Crippen LogP contribution in [0.5, 0.6) is 0 Å². The van der Waals surface area contributed by atoms with Crippen molar-refractivity contribution in [3.05, 3.63) is 29.8 Å². The molecule has 7 heteroatoms. The number of nitrogens with one attached hydrogen (secondary N) is 2. The van der Waals surface area contributed by atoms with Crippen molar-refractivity contribution in [3.8, 4) is 0 Å². The van der Waals surface area contributed by atoms with Crippen molar-refractivity contribution in [1.82, 2.24) is 5.32 Å². The van der Waals surface area contributed by atoms with Crippen LogP contribution in [0, 0.1) is 11.8 Å². The number of aliphatic hydroxyl groups is 1. The molecule has 1 aromatic carbocycles. The second-order valence-electron chi connectivity index (χ2n) is 10.4. The highest BCUT2D eigenvalue weighted by molar-refractivity contribution is 5.95. The van der Waals surface area contributed by atoms with Crippen LogP contribution in [0.4, 0.5) is 10.5 Å². The minimum atomic E-state index is -0.824. The van der Waals surface area contributed by atoms with Crippen LogP contribution >= 0.6 is 0 Å². The smallest absolute Gasteiger partial charge is 0.408 e. The van der Waals surface area contributed by atoms with E-state index in [2.05, 4.69) is 17.6 Å². The highest BCUT2D eigenvalue weighted by Crippen LogP contribution is 2.33. The number of benzene rings is 1. The monoisotopic (exact) mass is 446 g/mol. The van der Waals surface area contributed by atoms with Crippen molar-refractivity contribution in [2.24, 2.45) is 11.8 Å². The third-order valence-electron chi connectivity index (χ3n) is 6.37. The van der Waals surface area contributed by atoms with Crippen LogP contribution in [0.2, 0.25) is 0 Å². The first kappa shape index (κ1) is 24.5. The van der Waals surface area contributed by atoms with E-state index in [9.17, 15) is 14.7 Å². The zero-order valence-electron chi connectivity index (χ0n) is 19.7. The molecule has 32 heavy (non-hydrogen) atoms. The quantitative estimate of drug-likeness (QED) is 0.616. The molecule has 0 radical (unpaired) electrons. The van der Waals surface area contributed by atoms with E-state index in [1.165, 1.54) is 0 Å². The number of ether oxygens (including phenoxy) is 2. The second kappa shape index (κ2) is 10.7. The first-order valence-electron chi connectivity index (χ1n) is 11.8. The maximum absolute atomic E-state index is 13.2. The van der Waals surface area contributed by atoms with E-state index in [4.69, 9.17) is 9.47 Å². The highest BCUT2D eigenvalue weighted by atomic mass is 16.6. The van der Waals surface area contributed by atoms with E-state index in [1.807, 2.05) is 45.0 Å². The van der Waals surface area contributed by atoms with Gasteiger partial charge in [0, 0.05) is 23.6 Å². The van der Waals surface area contributed by atoms with Crippen LogP contribution in [0.15, 0.2) is 24.3 Å². The Morgan fingerprint density at radius 3 is 2.34 bits per heavy atom. The maximum Gasteiger partial charge on any atom is 0.408 e. The highest BCUT2D eigenvalue weighted by Gasteiger charge is 2.35. The van der Waals surface area contributed by atoms with Crippen LogP contribution in [-0.4, -0.2) is 41.6 Å². The van der Waals surface area contributed by atoms with Crippen LogP contribution < -0.4 is 10.6 Å². The summed E-state index contributed by atoms with van der Waals surface area (Å²) in [5.41, 5.74) is 1.34. The van der Waals surface area contributed by atoms with Gasteiger partial charge >= 0.3 is 6.09 Å². The number of carbonyl (C=O) groups excluding carboxylic acids is 2. The lowest BCUT2D eigenvalue weighted by Crippen LogP contribution is -2.46. The Balaban J connectivity index is 1.66. The molecular formula is C25H38N2O5. The first-order chi connectivity index (χ1) is 15.1. The average molecular weight is 447 g/mol. The number of anilines is 1. The van der Waals surface area contributed by atoms with Gasteiger partial charge in [-0.25, -0.2) is 4.79 Å². The Hall–Kier alpha value is -2.12. The zero-order valence-corrected chi connectivity index (χ0v) is 19.7. The predicted octanol–water partition coefficient (Wildman–Crippen LogP) is 4.56. The van der Waals surface area contributed by atoms with Gasteiger partial charge in [-0.05, 0) is 69.6 Å². The first-order valence-corrected chi connectivity index (χ1v) is 11.8. The lowest BCUT2D eigenvalue weighted by atomic mass is 9.80. The van der Waals surface area contributed by atoms with E-state index in [0.717, 1.165) is 37.7 Å². The number of hydrogen-bond donors (Lipinski definition) is 3. The Bertz CT molecular complexity index is 766. The number of hydrogen-bond acceptors (Lipinski definition) is 5. The summed E-state index contributed by atoms with van der Waals surface area (Å²) in [5.74, 6) is 0.599. The van der Waals surface area contributed by atoms with Gasteiger partial charge in [0.2, 0.25) is 0 Å². The van der Waals surface area contributed by atoms with Crippen molar-refractivity contribution in [1.29, 1.82) is 0 Å². The number of rotatable bonds is 5. The van der Waals surface area contributed by atoms with Gasteiger partial charge in [0.1, 0.15) is 0 Å². The summed E-state index contributed by atoms with van der Waals surface area (Å²) in [6.45, 7) is 8.40. The summed E-state index contributed by atoms with van der Waals surface area (Å²) in [4.78, 5) is 25.6. The topological polar surface area (TPSA) is 96.9 Å². The molecule has 0 aromatic heterocycles. The molecular weight excluding hydrogens is 408 g/mol. The second-order valence-corrected chi connectivity index (χ2v) is 10.4. The third-order valence-corrected chi connectivity index (χ3v) is 6.37. The fourth-order valence-electron chi connectivity index (χ4n) is 4.53. The normalized spacial score (nSPS) is 27.3. The van der Waals surface area contributed by atoms with Crippen molar-refractivity contribution in [3.63, 3.8) is 0 Å². The molecule has 1 saturated heterocycles. The van der Waals surface area contributed by atoms with Crippen molar-refractivity contribution >= 4 is 17.7 Å². The minimum Gasteiger partial charge on any atom is -0.436 e. The molecule has 178 valence electrons. The van der Waals surface area contributed by atoms with Gasteiger partial charge in [-0.2, -0.15) is 0 Å². The van der Waals surface area contributed by atoms with Gasteiger partial charge < -0.3 is 25.2 Å². The van der Waals surface area contributed by atoms with E-state index in [1.54, 1.807) is 0 Å². The summed E-state index contributed by atoms with van der Waals surface area (Å²) in [6.07, 6.45) is 3.13. The number of aliphatic hydroxyl groups excluding tert-OH is 1. The Kier molecular flexibility index (Phi) is 8.17. The van der Waals surface area contributed by atoms with Gasteiger partial charge in [-0.1, -0.05) is 31.9 Å². The molecule has 3 unspecified atom stereocenters. The van der Waals surface area contributed by atoms with Crippen molar-refractivity contribution in [2.45, 2.75) is 90.1 Å². The van der Waals surface area contributed by atoms with Crippen LogP contribution in [-0.2, 0) is 14.3 Å². The fraction of sp³-hybridized carbons (Fsp3) is 0.680. The summed E-state index contributed by atoms with van der Waals surface area (Å²) in [6, 6.07) is 7.68. The number of amides is 2. The molecule has 0 bridgehead atoms. The Labute approximate surface area is 191 Å². The van der Waals surface area contributed by atoms with Gasteiger partial charge in [0.25, 0.3) is 5.91 Å². The molecule has 0 spiro atoms. The van der Waals surface area contributed by atoms with E-state index < -0.39 is 24.0 Å². The zero-order chi connectivity index (χ0) is 23.3. The molecule has 1 aliphatic heterocycles. The summed E-state index contributed by atoms with van der Waals surface area (Å²) >= 11 is 0. The fourth-order valence-corrected chi connectivity index (χ4v) is 4.53. The molecule has 7 nitrogen and oxygen atoms in total. The maximum atomic E-state index is 13.2. The molecule has 3 rings (SSSR count). The molecule has 1 heterocycles. The number of carbonyl (C=O) groups is 2. The Morgan fingerprint density at radius 2 is 1.75 bits per heavy atom. The van der Waals surface area contributed by atoms with Crippen LogP contribution in [0.3, 0.4) is 0 Å². The van der Waals surface area contributed by atoms with E-state index >= 15 is 0 Å². The van der Waals surface area contributed by atoms with E-state index in [-0.39, 0.29) is 17.7 Å². The van der Waals surface area contributed by atoms with Gasteiger partial charge in [-0.15, -0.1) is 0 Å². The molecule has 1 aliphatic carbocycles. The van der Waals surface area contributed by atoms with Crippen LogP contribution in [0.1, 0.15) is 77.7 Å². The van der Waals surface area contributed by atoms with Gasteiger partial charge in [-0.3, -0.25) is 4.79 Å². The van der Waals surface area contributed by atoms with Crippen molar-refractivity contribution < 1.29 is 24.2 Å². The molecule has 3 atom stereocenters. The summed E-state index contributed by atoms with van der Waals surface area (Å²) in [7, 11) is 0. The lowest BCUT2D eigenvalue weighted by molar-refractivity contribution is -0.129. The largest absolute Gasteiger partial charge is 0.436 e. The standard InChI is InChI=1S/C25H38N2O5/c1-16-5-7-18(8-6-16)22(32-24(30)27-25(2,3)4)23(29)26-20-11-9-17(10-12-20)19-13-14-31-21(28)15-19/h9-12,16,18-19,21-22,28H,5-8,13-15H2,1-4H3,(H,26,29)(H,27,30).